The minimum atomic E-state index is 0.178. The molecule has 2 aromatic rings. The number of nitrogens with zero attached hydrogens (tertiary/aromatic N) is 2. The van der Waals surface area contributed by atoms with Gasteiger partial charge in [0.25, 0.3) is 0 Å². The van der Waals surface area contributed by atoms with Crippen molar-refractivity contribution in [2.75, 3.05) is 40.0 Å². The lowest BCUT2D eigenvalue weighted by atomic mass is 10.0. The predicted octanol–water partition coefficient (Wildman–Crippen LogP) is 2.89. The van der Waals surface area contributed by atoms with Crippen molar-refractivity contribution in [1.82, 2.24) is 4.90 Å². The quantitative estimate of drug-likeness (QED) is 0.822. The van der Waals surface area contributed by atoms with Gasteiger partial charge in [-0.15, -0.1) is 0 Å². The van der Waals surface area contributed by atoms with Crippen LogP contribution >= 0.6 is 0 Å². The largest absolute Gasteiger partial charge is 0.507 e. The highest BCUT2D eigenvalue weighted by molar-refractivity contribution is 5.83. The first kappa shape index (κ1) is 17.5. The fourth-order valence-corrected chi connectivity index (χ4v) is 2.99. The summed E-state index contributed by atoms with van der Waals surface area (Å²) in [4.78, 5) is 6.99. The van der Waals surface area contributed by atoms with Gasteiger partial charge in [-0.3, -0.25) is 9.89 Å². The minimum Gasteiger partial charge on any atom is -0.507 e. The number of hydrogen-bond acceptors (Lipinski definition) is 5. The molecule has 1 saturated heterocycles. The zero-order valence-corrected chi connectivity index (χ0v) is 14.5. The van der Waals surface area contributed by atoms with Gasteiger partial charge in [0.1, 0.15) is 11.5 Å². The summed E-state index contributed by atoms with van der Waals surface area (Å²) in [6, 6.07) is 15.6. The zero-order chi connectivity index (χ0) is 17.5. The Morgan fingerprint density at radius 3 is 2.56 bits per heavy atom. The van der Waals surface area contributed by atoms with Crippen molar-refractivity contribution >= 4 is 6.21 Å². The van der Waals surface area contributed by atoms with Crippen molar-refractivity contribution in [1.29, 1.82) is 0 Å². The summed E-state index contributed by atoms with van der Waals surface area (Å²) in [5.41, 5.74) is 1.94. The number of para-hydroxylation sites is 1. The first-order chi connectivity index (χ1) is 12.3. The van der Waals surface area contributed by atoms with E-state index in [1.807, 2.05) is 24.3 Å². The van der Waals surface area contributed by atoms with Crippen LogP contribution in [0.5, 0.6) is 11.5 Å². The molecule has 1 N–H and O–H groups in total. The van der Waals surface area contributed by atoms with Crippen LogP contribution in [0.1, 0.15) is 17.2 Å². The molecule has 0 bridgehead atoms. The molecule has 1 fully saturated rings. The third kappa shape index (κ3) is 4.59. The van der Waals surface area contributed by atoms with Gasteiger partial charge in [0.15, 0.2) is 0 Å². The van der Waals surface area contributed by atoms with Gasteiger partial charge in [-0.25, -0.2) is 0 Å². The van der Waals surface area contributed by atoms with Crippen molar-refractivity contribution in [2.24, 2.45) is 4.99 Å². The first-order valence-electron chi connectivity index (χ1n) is 8.51. The van der Waals surface area contributed by atoms with Crippen LogP contribution in [0, 0.1) is 0 Å². The van der Waals surface area contributed by atoms with E-state index in [1.54, 1.807) is 25.5 Å². The molecule has 0 unspecified atom stereocenters. The van der Waals surface area contributed by atoms with Crippen molar-refractivity contribution < 1.29 is 14.6 Å². The lowest BCUT2D eigenvalue weighted by Gasteiger charge is -2.34. The van der Waals surface area contributed by atoms with Gasteiger partial charge in [0.2, 0.25) is 0 Å². The number of benzene rings is 2. The molecule has 3 rings (SSSR count). The number of rotatable bonds is 6. The SMILES string of the molecule is COc1ccc([C@@H](CN=Cc2ccccc2O)N2CCOCC2)cc1. The fraction of sp³-hybridized carbons (Fsp3) is 0.350. The van der Waals surface area contributed by atoms with E-state index in [4.69, 9.17) is 9.47 Å². The summed E-state index contributed by atoms with van der Waals surface area (Å²) in [5, 5.41) is 9.87. The van der Waals surface area contributed by atoms with Crippen LogP contribution in [0.3, 0.4) is 0 Å². The first-order valence-corrected chi connectivity index (χ1v) is 8.51. The molecule has 1 heterocycles. The van der Waals surface area contributed by atoms with Crippen molar-refractivity contribution in [3.8, 4) is 11.5 Å². The van der Waals surface area contributed by atoms with Gasteiger partial charge in [-0.1, -0.05) is 24.3 Å². The van der Waals surface area contributed by atoms with Gasteiger partial charge in [0, 0.05) is 24.9 Å². The van der Waals surface area contributed by atoms with Gasteiger partial charge in [0.05, 0.1) is 32.9 Å². The van der Waals surface area contributed by atoms with Crippen LogP contribution in [0.15, 0.2) is 53.5 Å². The van der Waals surface area contributed by atoms with E-state index in [1.165, 1.54) is 5.56 Å². The van der Waals surface area contributed by atoms with Crippen LogP contribution in [0.25, 0.3) is 0 Å². The number of phenolic OH excluding ortho intramolecular Hbond substituents is 1. The average molecular weight is 340 g/mol. The highest BCUT2D eigenvalue weighted by atomic mass is 16.5. The van der Waals surface area contributed by atoms with E-state index < -0.39 is 0 Å². The molecule has 5 nitrogen and oxygen atoms in total. The van der Waals surface area contributed by atoms with Crippen molar-refractivity contribution in [3.05, 3.63) is 59.7 Å². The fourth-order valence-electron chi connectivity index (χ4n) is 2.99. The Balaban J connectivity index is 1.77. The van der Waals surface area contributed by atoms with Crippen LogP contribution < -0.4 is 4.74 Å². The molecule has 1 aliphatic heterocycles. The zero-order valence-electron chi connectivity index (χ0n) is 14.5. The van der Waals surface area contributed by atoms with Crippen LogP contribution in [-0.2, 0) is 4.74 Å². The Morgan fingerprint density at radius 2 is 1.88 bits per heavy atom. The average Bonchev–Trinajstić information content (AvgIpc) is 2.67. The normalized spacial score (nSPS) is 16.8. The molecule has 0 amide bonds. The summed E-state index contributed by atoms with van der Waals surface area (Å²) in [5.74, 6) is 1.10. The van der Waals surface area contributed by atoms with E-state index in [2.05, 4.69) is 22.0 Å². The monoisotopic (exact) mass is 340 g/mol. The maximum Gasteiger partial charge on any atom is 0.124 e. The van der Waals surface area contributed by atoms with Crippen LogP contribution in [-0.4, -0.2) is 56.2 Å². The van der Waals surface area contributed by atoms with E-state index in [9.17, 15) is 5.11 Å². The minimum absolute atomic E-state index is 0.178. The van der Waals surface area contributed by atoms with Crippen molar-refractivity contribution in [2.45, 2.75) is 6.04 Å². The second-order valence-electron chi connectivity index (χ2n) is 5.99. The maximum atomic E-state index is 9.87. The molecule has 1 atom stereocenters. The van der Waals surface area contributed by atoms with E-state index in [-0.39, 0.29) is 11.8 Å². The third-order valence-electron chi connectivity index (χ3n) is 4.43. The van der Waals surface area contributed by atoms with Gasteiger partial charge in [-0.2, -0.15) is 0 Å². The number of methoxy groups -OCH3 is 1. The van der Waals surface area contributed by atoms with E-state index in [0.717, 1.165) is 37.6 Å². The van der Waals surface area contributed by atoms with Crippen LogP contribution in [0.2, 0.25) is 0 Å². The summed E-state index contributed by atoms with van der Waals surface area (Å²) in [6.45, 7) is 3.90. The smallest absolute Gasteiger partial charge is 0.124 e. The third-order valence-corrected chi connectivity index (χ3v) is 4.43. The van der Waals surface area contributed by atoms with Crippen LogP contribution in [0.4, 0.5) is 0 Å². The maximum absolute atomic E-state index is 9.87. The van der Waals surface area contributed by atoms with Gasteiger partial charge < -0.3 is 14.6 Å². The number of morpholine rings is 1. The number of phenols is 1. The van der Waals surface area contributed by atoms with E-state index in [0.29, 0.717) is 6.54 Å². The van der Waals surface area contributed by atoms with Crippen molar-refractivity contribution in [3.63, 3.8) is 0 Å². The molecule has 0 aromatic heterocycles. The Kier molecular flexibility index (Phi) is 6.04. The molecular weight excluding hydrogens is 316 g/mol. The number of ether oxygens (including phenoxy) is 2. The molecule has 0 aliphatic carbocycles. The number of aromatic hydroxyl groups is 1. The Hall–Kier alpha value is -2.37. The number of aliphatic imine (C=N–C) groups is 1. The molecule has 25 heavy (non-hydrogen) atoms. The standard InChI is InChI=1S/C20H24N2O3/c1-24-18-8-6-16(7-9-18)19(22-10-12-25-13-11-22)15-21-14-17-4-2-3-5-20(17)23/h2-9,14,19,23H,10-13,15H2,1H3/t19-/m1/s1. The highest BCUT2D eigenvalue weighted by Gasteiger charge is 2.22. The molecule has 2 aromatic carbocycles. The lowest BCUT2D eigenvalue weighted by molar-refractivity contribution is 0.0180. The van der Waals surface area contributed by atoms with Gasteiger partial charge in [-0.05, 0) is 29.8 Å². The Bertz CT molecular complexity index is 694. The molecule has 132 valence electrons. The summed E-state index contributed by atoms with van der Waals surface area (Å²) in [7, 11) is 1.67. The second-order valence-corrected chi connectivity index (χ2v) is 5.99. The second kappa shape index (κ2) is 8.65. The predicted molar refractivity (Wildman–Crippen MR) is 98.7 cm³/mol. The summed E-state index contributed by atoms with van der Waals surface area (Å²) in [6.07, 6.45) is 1.74. The highest BCUT2D eigenvalue weighted by Crippen LogP contribution is 2.24. The Morgan fingerprint density at radius 1 is 1.16 bits per heavy atom. The molecule has 0 saturated carbocycles. The summed E-state index contributed by atoms with van der Waals surface area (Å²) >= 11 is 0. The molecular formula is C20H24N2O3. The lowest BCUT2D eigenvalue weighted by Crippen LogP contribution is -2.40. The molecule has 1 aliphatic rings. The van der Waals surface area contributed by atoms with Gasteiger partial charge >= 0.3 is 0 Å². The van der Waals surface area contributed by atoms with E-state index >= 15 is 0 Å². The Labute approximate surface area is 148 Å². The summed E-state index contributed by atoms with van der Waals surface area (Å²) < 4.78 is 10.7. The topological polar surface area (TPSA) is 54.3 Å². The molecule has 5 heteroatoms. The number of hydrogen-bond donors (Lipinski definition) is 1. The molecule has 0 spiro atoms. The molecule has 0 radical (unpaired) electrons.